The first-order valence-corrected chi connectivity index (χ1v) is 9.53. The lowest BCUT2D eigenvalue weighted by Crippen LogP contribution is -2.20. The van der Waals surface area contributed by atoms with E-state index in [2.05, 4.69) is 10.3 Å². The molecule has 0 fully saturated rings. The van der Waals surface area contributed by atoms with Gasteiger partial charge in [-0.2, -0.15) is 0 Å². The van der Waals surface area contributed by atoms with Crippen LogP contribution in [-0.4, -0.2) is 10.9 Å². The van der Waals surface area contributed by atoms with Crippen LogP contribution >= 0.6 is 11.3 Å². The van der Waals surface area contributed by atoms with E-state index in [1.807, 2.05) is 56.5 Å². The van der Waals surface area contributed by atoms with Gasteiger partial charge in [0.25, 0.3) is 0 Å². The van der Waals surface area contributed by atoms with Crippen LogP contribution in [0.2, 0.25) is 0 Å². The van der Waals surface area contributed by atoms with Crippen molar-refractivity contribution in [2.45, 2.75) is 33.9 Å². The molecule has 0 radical (unpaired) electrons. The number of amides is 1. The Morgan fingerprint density at radius 1 is 1.26 bits per heavy atom. The molecule has 0 aliphatic rings. The van der Waals surface area contributed by atoms with Gasteiger partial charge in [0.05, 0.1) is 10.7 Å². The molecule has 1 N–H and O–H groups in total. The van der Waals surface area contributed by atoms with Crippen LogP contribution < -0.4 is 10.1 Å². The van der Waals surface area contributed by atoms with Crippen molar-refractivity contribution in [1.29, 1.82) is 0 Å². The van der Waals surface area contributed by atoms with Crippen molar-refractivity contribution in [2.24, 2.45) is 0 Å². The highest BCUT2D eigenvalue weighted by Gasteiger charge is 2.05. The lowest BCUT2D eigenvalue weighted by Gasteiger charge is -2.04. The van der Waals surface area contributed by atoms with Crippen LogP contribution in [0.4, 0.5) is 0 Å². The molecule has 5 nitrogen and oxygen atoms in total. The summed E-state index contributed by atoms with van der Waals surface area (Å²) in [6.45, 7) is 6.67. The van der Waals surface area contributed by atoms with Crippen LogP contribution in [0, 0.1) is 20.8 Å². The fourth-order valence-corrected chi connectivity index (χ4v) is 3.18. The predicted octanol–water partition coefficient (Wildman–Crippen LogP) is 4.57. The zero-order chi connectivity index (χ0) is 19.2. The van der Waals surface area contributed by atoms with E-state index in [0.717, 1.165) is 39.1 Å². The van der Waals surface area contributed by atoms with E-state index in [-0.39, 0.29) is 5.91 Å². The Morgan fingerprint density at radius 3 is 2.67 bits per heavy atom. The number of aryl methyl sites for hydroxylation is 3. The van der Waals surface area contributed by atoms with Gasteiger partial charge in [-0.3, -0.25) is 4.79 Å². The molecule has 2 heterocycles. The SMILES string of the molecule is Cc1cc(CNC(=O)/C=C/c2ccc(OCc3csc(C)n3)cc2)c(C)o1. The van der Waals surface area contributed by atoms with Crippen LogP contribution in [0.25, 0.3) is 6.08 Å². The Morgan fingerprint density at radius 2 is 2.04 bits per heavy atom. The first-order valence-electron chi connectivity index (χ1n) is 8.65. The van der Waals surface area contributed by atoms with Crippen LogP contribution in [0.15, 0.2) is 46.2 Å². The first kappa shape index (κ1) is 18.9. The minimum atomic E-state index is -0.146. The van der Waals surface area contributed by atoms with Gasteiger partial charge in [0, 0.05) is 23.6 Å². The van der Waals surface area contributed by atoms with E-state index in [1.165, 1.54) is 6.08 Å². The normalized spacial score (nSPS) is 11.1. The molecule has 0 aliphatic carbocycles. The van der Waals surface area contributed by atoms with E-state index < -0.39 is 0 Å². The fraction of sp³-hybridized carbons (Fsp3) is 0.238. The molecule has 2 aromatic heterocycles. The molecular formula is C21H22N2O3S. The standard InChI is InChI=1S/C21H22N2O3S/c1-14-10-18(15(2)26-14)11-22-21(24)9-6-17-4-7-20(8-5-17)25-12-19-13-27-16(3)23-19/h4-10,13H,11-12H2,1-3H3,(H,22,24)/b9-6+. The van der Waals surface area contributed by atoms with Gasteiger partial charge < -0.3 is 14.5 Å². The summed E-state index contributed by atoms with van der Waals surface area (Å²) in [6.07, 6.45) is 3.30. The average molecular weight is 382 g/mol. The zero-order valence-corrected chi connectivity index (χ0v) is 16.4. The third-order valence-corrected chi connectivity index (χ3v) is 4.78. The molecule has 0 saturated carbocycles. The van der Waals surface area contributed by atoms with Gasteiger partial charge in [-0.25, -0.2) is 4.98 Å². The number of carbonyl (C=O) groups is 1. The summed E-state index contributed by atoms with van der Waals surface area (Å²) in [5, 5.41) is 5.89. The van der Waals surface area contributed by atoms with Crippen molar-refractivity contribution in [3.05, 3.63) is 75.1 Å². The second-order valence-corrected chi connectivity index (χ2v) is 7.27. The van der Waals surface area contributed by atoms with E-state index in [4.69, 9.17) is 9.15 Å². The molecule has 0 saturated heterocycles. The van der Waals surface area contributed by atoms with Gasteiger partial charge in [-0.1, -0.05) is 12.1 Å². The van der Waals surface area contributed by atoms with Gasteiger partial charge in [-0.15, -0.1) is 11.3 Å². The van der Waals surface area contributed by atoms with Crippen LogP contribution in [0.1, 0.15) is 33.3 Å². The molecular weight excluding hydrogens is 360 g/mol. The maximum atomic E-state index is 12.0. The van der Waals surface area contributed by atoms with E-state index in [9.17, 15) is 4.79 Å². The maximum Gasteiger partial charge on any atom is 0.244 e. The quantitative estimate of drug-likeness (QED) is 0.608. The maximum absolute atomic E-state index is 12.0. The van der Waals surface area contributed by atoms with Crippen molar-refractivity contribution in [1.82, 2.24) is 10.3 Å². The molecule has 27 heavy (non-hydrogen) atoms. The van der Waals surface area contributed by atoms with Gasteiger partial charge >= 0.3 is 0 Å². The van der Waals surface area contributed by atoms with Crippen LogP contribution in [-0.2, 0) is 17.9 Å². The molecule has 3 rings (SSSR count). The molecule has 0 atom stereocenters. The summed E-state index contributed by atoms with van der Waals surface area (Å²) in [6, 6.07) is 9.53. The summed E-state index contributed by atoms with van der Waals surface area (Å²) in [7, 11) is 0. The topological polar surface area (TPSA) is 64.4 Å². The Labute approximate surface area is 162 Å². The monoisotopic (exact) mass is 382 g/mol. The van der Waals surface area contributed by atoms with Gasteiger partial charge in [0.15, 0.2) is 0 Å². The highest BCUT2D eigenvalue weighted by molar-refractivity contribution is 7.09. The van der Waals surface area contributed by atoms with Crippen molar-refractivity contribution >= 4 is 23.3 Å². The first-order chi connectivity index (χ1) is 13.0. The zero-order valence-electron chi connectivity index (χ0n) is 15.6. The highest BCUT2D eigenvalue weighted by atomic mass is 32.1. The number of nitrogens with one attached hydrogen (secondary N) is 1. The third kappa shape index (κ3) is 5.56. The molecule has 0 spiro atoms. The summed E-state index contributed by atoms with van der Waals surface area (Å²) in [4.78, 5) is 16.3. The Kier molecular flexibility index (Phi) is 6.08. The van der Waals surface area contributed by atoms with Crippen LogP contribution in [0.5, 0.6) is 5.75 Å². The predicted molar refractivity (Wildman–Crippen MR) is 107 cm³/mol. The number of aromatic nitrogens is 1. The minimum absolute atomic E-state index is 0.146. The van der Waals surface area contributed by atoms with E-state index in [1.54, 1.807) is 17.4 Å². The Bertz CT molecular complexity index is 939. The van der Waals surface area contributed by atoms with Crippen molar-refractivity contribution < 1.29 is 13.9 Å². The fourth-order valence-electron chi connectivity index (χ4n) is 2.58. The van der Waals surface area contributed by atoms with Crippen molar-refractivity contribution in [3.8, 4) is 5.75 Å². The van der Waals surface area contributed by atoms with Gasteiger partial charge in [0.2, 0.25) is 5.91 Å². The minimum Gasteiger partial charge on any atom is -0.487 e. The van der Waals surface area contributed by atoms with Crippen molar-refractivity contribution in [3.63, 3.8) is 0 Å². The summed E-state index contributed by atoms with van der Waals surface area (Å²) in [5.74, 6) is 2.31. The number of furan rings is 1. The Balaban J connectivity index is 1.48. The van der Waals surface area contributed by atoms with Crippen molar-refractivity contribution in [2.75, 3.05) is 0 Å². The highest BCUT2D eigenvalue weighted by Crippen LogP contribution is 2.16. The molecule has 1 aromatic carbocycles. The van der Waals surface area contributed by atoms with E-state index in [0.29, 0.717) is 13.2 Å². The largest absolute Gasteiger partial charge is 0.487 e. The summed E-state index contributed by atoms with van der Waals surface area (Å²) >= 11 is 1.61. The average Bonchev–Trinajstić information content (AvgIpc) is 3.21. The molecule has 0 bridgehead atoms. The number of rotatable bonds is 7. The number of carbonyl (C=O) groups excluding carboxylic acids is 1. The van der Waals surface area contributed by atoms with Gasteiger partial charge in [0.1, 0.15) is 23.9 Å². The Hall–Kier alpha value is -2.86. The number of hydrogen-bond donors (Lipinski definition) is 1. The van der Waals surface area contributed by atoms with Crippen LogP contribution in [0.3, 0.4) is 0 Å². The summed E-state index contributed by atoms with van der Waals surface area (Å²) < 4.78 is 11.2. The molecule has 3 aromatic rings. The molecule has 6 heteroatoms. The summed E-state index contributed by atoms with van der Waals surface area (Å²) in [5.41, 5.74) is 2.85. The smallest absolute Gasteiger partial charge is 0.244 e. The lowest BCUT2D eigenvalue weighted by molar-refractivity contribution is -0.116. The second-order valence-electron chi connectivity index (χ2n) is 6.21. The van der Waals surface area contributed by atoms with Gasteiger partial charge in [-0.05, 0) is 50.6 Å². The molecule has 140 valence electrons. The number of benzene rings is 1. The number of thiazole rings is 1. The van der Waals surface area contributed by atoms with E-state index >= 15 is 0 Å². The number of hydrogen-bond acceptors (Lipinski definition) is 5. The third-order valence-electron chi connectivity index (χ3n) is 3.96. The molecule has 0 aliphatic heterocycles. The second kappa shape index (κ2) is 8.68. The molecule has 0 unspecified atom stereocenters. The number of nitrogens with zero attached hydrogens (tertiary/aromatic N) is 1. The lowest BCUT2D eigenvalue weighted by atomic mass is 10.2. The number of ether oxygens (including phenoxy) is 1. The molecule has 1 amide bonds.